The lowest BCUT2D eigenvalue weighted by Crippen LogP contribution is -1.65. The zero-order valence-corrected chi connectivity index (χ0v) is 5.35. The van der Waals surface area contributed by atoms with Crippen LogP contribution in [0, 0.1) is 5.41 Å². The maximum atomic E-state index is 6.66. The van der Waals surface area contributed by atoms with Gasteiger partial charge in [0.1, 0.15) is 0 Å². The van der Waals surface area contributed by atoms with Crippen LogP contribution in [0.5, 0.6) is 0 Å². The normalized spacial score (nSPS) is 10.1. The van der Waals surface area contributed by atoms with Crippen molar-refractivity contribution in [3.63, 3.8) is 0 Å². The molecule has 46 valence electrons. The third kappa shape index (κ3) is 5.41. The summed E-state index contributed by atoms with van der Waals surface area (Å²) in [5.41, 5.74) is 0. The molecule has 0 spiro atoms. The third-order valence-electron chi connectivity index (χ3n) is 0.876. The Morgan fingerprint density at radius 2 is 2.12 bits per heavy atom. The first-order valence-corrected chi connectivity index (χ1v) is 3.05. The van der Waals surface area contributed by atoms with Crippen molar-refractivity contribution < 1.29 is 0 Å². The summed E-state index contributed by atoms with van der Waals surface area (Å²) in [4.78, 5) is 0. The van der Waals surface area contributed by atoms with E-state index in [1.807, 2.05) is 6.08 Å². The molecular weight excluding hydrogens is 98.1 g/mol. The first kappa shape index (κ1) is 7.41. The van der Waals surface area contributed by atoms with E-state index in [1.54, 1.807) is 0 Å². The van der Waals surface area contributed by atoms with Gasteiger partial charge in [-0.3, -0.25) is 0 Å². The summed E-state index contributed by atoms with van der Waals surface area (Å²) in [5, 5.41) is 6.66. The van der Waals surface area contributed by atoms with Gasteiger partial charge in [0.05, 0.1) is 0 Å². The summed E-state index contributed by atoms with van der Waals surface area (Å²) in [5.74, 6) is 0. The van der Waals surface area contributed by atoms with E-state index in [0.29, 0.717) is 0 Å². The number of hydrogen-bond acceptors (Lipinski definition) is 1. The van der Waals surface area contributed by atoms with Crippen molar-refractivity contribution >= 4 is 6.21 Å². The van der Waals surface area contributed by atoms with Gasteiger partial charge in [0, 0.05) is 0 Å². The Kier molecular flexibility index (Phi) is 5.94. The van der Waals surface area contributed by atoms with E-state index >= 15 is 0 Å². The summed E-state index contributed by atoms with van der Waals surface area (Å²) in [6, 6.07) is 0. The predicted molar refractivity (Wildman–Crippen MR) is 37.4 cm³/mol. The van der Waals surface area contributed by atoms with Gasteiger partial charge in [-0.1, -0.05) is 25.5 Å². The van der Waals surface area contributed by atoms with Crippen LogP contribution in [0.15, 0.2) is 12.2 Å². The summed E-state index contributed by atoms with van der Waals surface area (Å²) >= 11 is 0. The van der Waals surface area contributed by atoms with Crippen molar-refractivity contribution in [3.05, 3.63) is 12.2 Å². The van der Waals surface area contributed by atoms with Gasteiger partial charge >= 0.3 is 0 Å². The number of nitrogens with one attached hydrogen (secondary N) is 1. The van der Waals surface area contributed by atoms with Crippen molar-refractivity contribution in [2.75, 3.05) is 0 Å². The molecule has 0 rings (SSSR count). The van der Waals surface area contributed by atoms with E-state index in [4.69, 9.17) is 5.41 Å². The van der Waals surface area contributed by atoms with Crippen LogP contribution >= 0.6 is 0 Å². The SMILES string of the molecule is CCCC=CCC=N. The maximum Gasteiger partial charge on any atom is -0.0000185 e. The highest BCUT2D eigenvalue weighted by Crippen LogP contribution is 1.88. The quantitative estimate of drug-likeness (QED) is 0.425. The van der Waals surface area contributed by atoms with Crippen LogP contribution in [-0.4, -0.2) is 6.21 Å². The van der Waals surface area contributed by atoms with Crippen molar-refractivity contribution in [1.82, 2.24) is 0 Å². The van der Waals surface area contributed by atoms with Crippen LogP contribution in [0.4, 0.5) is 0 Å². The summed E-state index contributed by atoms with van der Waals surface area (Å²) in [6.07, 6.45) is 8.69. The molecular formula is C7H13N. The van der Waals surface area contributed by atoms with Gasteiger partial charge in [-0.15, -0.1) is 0 Å². The lowest BCUT2D eigenvalue weighted by molar-refractivity contribution is 0.956. The molecule has 0 unspecified atom stereocenters. The van der Waals surface area contributed by atoms with E-state index in [-0.39, 0.29) is 0 Å². The van der Waals surface area contributed by atoms with E-state index in [0.717, 1.165) is 12.8 Å². The fourth-order valence-corrected chi connectivity index (χ4v) is 0.449. The van der Waals surface area contributed by atoms with Crippen molar-refractivity contribution in [2.24, 2.45) is 0 Å². The van der Waals surface area contributed by atoms with Crippen LogP contribution in [-0.2, 0) is 0 Å². The van der Waals surface area contributed by atoms with E-state index in [2.05, 4.69) is 13.0 Å². The van der Waals surface area contributed by atoms with E-state index in [9.17, 15) is 0 Å². The summed E-state index contributed by atoms with van der Waals surface area (Å²) < 4.78 is 0. The fourth-order valence-electron chi connectivity index (χ4n) is 0.449. The molecule has 1 heteroatoms. The Bertz CT molecular complexity index is 74.5. The second kappa shape index (κ2) is 6.41. The summed E-state index contributed by atoms with van der Waals surface area (Å²) in [6.45, 7) is 2.15. The molecule has 0 aliphatic heterocycles. The molecule has 0 amide bonds. The molecule has 0 aliphatic rings. The highest BCUT2D eigenvalue weighted by Gasteiger charge is 1.70. The molecule has 8 heavy (non-hydrogen) atoms. The van der Waals surface area contributed by atoms with Gasteiger partial charge < -0.3 is 5.41 Å². The van der Waals surface area contributed by atoms with Gasteiger partial charge in [0.2, 0.25) is 0 Å². The molecule has 0 heterocycles. The second-order valence-electron chi connectivity index (χ2n) is 1.70. The minimum Gasteiger partial charge on any atom is -0.313 e. The molecule has 0 aliphatic carbocycles. The fraction of sp³-hybridized carbons (Fsp3) is 0.571. The monoisotopic (exact) mass is 111 g/mol. The molecule has 0 aromatic rings. The molecule has 0 aromatic carbocycles. The van der Waals surface area contributed by atoms with E-state index in [1.165, 1.54) is 12.6 Å². The molecule has 0 radical (unpaired) electrons. The van der Waals surface area contributed by atoms with Gasteiger partial charge in [0.25, 0.3) is 0 Å². The zero-order chi connectivity index (χ0) is 6.24. The topological polar surface area (TPSA) is 23.9 Å². The van der Waals surface area contributed by atoms with Crippen LogP contribution in [0.25, 0.3) is 0 Å². The van der Waals surface area contributed by atoms with E-state index < -0.39 is 0 Å². The average molecular weight is 111 g/mol. The van der Waals surface area contributed by atoms with Gasteiger partial charge in [-0.2, -0.15) is 0 Å². The molecule has 0 fully saturated rings. The number of rotatable bonds is 4. The van der Waals surface area contributed by atoms with Crippen LogP contribution < -0.4 is 0 Å². The molecule has 0 bridgehead atoms. The Morgan fingerprint density at radius 3 is 2.62 bits per heavy atom. The molecule has 0 atom stereocenters. The van der Waals surface area contributed by atoms with Crippen molar-refractivity contribution in [1.29, 1.82) is 5.41 Å². The lowest BCUT2D eigenvalue weighted by Gasteiger charge is -1.80. The zero-order valence-electron chi connectivity index (χ0n) is 5.35. The Hall–Kier alpha value is -0.590. The first-order chi connectivity index (χ1) is 3.91. The molecule has 0 saturated carbocycles. The number of allylic oxidation sites excluding steroid dienone is 2. The molecule has 1 N–H and O–H groups in total. The predicted octanol–water partition coefficient (Wildman–Crippen LogP) is 2.38. The number of hydrogen-bond donors (Lipinski definition) is 1. The minimum absolute atomic E-state index is 0.792. The largest absolute Gasteiger partial charge is 0.313 e. The minimum atomic E-state index is 0.792. The maximum absolute atomic E-state index is 6.66. The molecule has 0 saturated heterocycles. The first-order valence-electron chi connectivity index (χ1n) is 3.05. The van der Waals surface area contributed by atoms with Gasteiger partial charge in [-0.05, 0) is 19.1 Å². The van der Waals surface area contributed by atoms with Crippen LogP contribution in [0.2, 0.25) is 0 Å². The average Bonchev–Trinajstić information content (AvgIpc) is 1.81. The standard InChI is InChI=1S/C7H13N/c1-2-3-4-5-6-7-8/h4-5,7-8H,2-3,6H2,1H3. The highest BCUT2D eigenvalue weighted by molar-refractivity contribution is 5.55. The summed E-state index contributed by atoms with van der Waals surface area (Å²) in [7, 11) is 0. The molecule has 1 nitrogen and oxygen atoms in total. The highest BCUT2D eigenvalue weighted by atomic mass is 14.3. The Labute approximate surface area is 50.9 Å². The van der Waals surface area contributed by atoms with Crippen molar-refractivity contribution in [3.8, 4) is 0 Å². The third-order valence-corrected chi connectivity index (χ3v) is 0.876. The van der Waals surface area contributed by atoms with Crippen LogP contribution in [0.1, 0.15) is 26.2 Å². The van der Waals surface area contributed by atoms with Crippen LogP contribution in [0.3, 0.4) is 0 Å². The second-order valence-corrected chi connectivity index (χ2v) is 1.70. The molecule has 0 aromatic heterocycles. The van der Waals surface area contributed by atoms with Gasteiger partial charge in [-0.25, -0.2) is 0 Å². The number of unbranched alkanes of at least 4 members (excludes halogenated alkanes) is 1. The smallest absolute Gasteiger partial charge is 0.0000185 e. The Morgan fingerprint density at radius 1 is 1.38 bits per heavy atom. The van der Waals surface area contributed by atoms with Gasteiger partial charge in [0.15, 0.2) is 0 Å². The van der Waals surface area contributed by atoms with Crippen molar-refractivity contribution in [2.45, 2.75) is 26.2 Å². The Balaban J connectivity index is 2.94. The lowest BCUT2D eigenvalue weighted by atomic mass is 10.3.